The summed E-state index contributed by atoms with van der Waals surface area (Å²) in [6.07, 6.45) is 7.44. The van der Waals surface area contributed by atoms with Crippen molar-refractivity contribution >= 4 is 0 Å². The minimum atomic E-state index is -0.950. The summed E-state index contributed by atoms with van der Waals surface area (Å²) in [6.45, 7) is 5.20. The number of nitrogens with one attached hydrogen (secondary N) is 3. The predicted molar refractivity (Wildman–Crippen MR) is 122 cm³/mol. The van der Waals surface area contributed by atoms with Crippen LogP contribution in [0, 0.1) is 52.3 Å². The van der Waals surface area contributed by atoms with E-state index in [1.165, 1.54) is 12.8 Å². The van der Waals surface area contributed by atoms with Gasteiger partial charge in [-0.15, -0.1) is 0 Å². The molecule has 180 valence electrons. The van der Waals surface area contributed by atoms with Gasteiger partial charge >= 0.3 is 0 Å². The summed E-state index contributed by atoms with van der Waals surface area (Å²) in [6, 6.07) is 4.01. The van der Waals surface area contributed by atoms with Gasteiger partial charge in [0.05, 0.1) is 11.5 Å². The van der Waals surface area contributed by atoms with Crippen LogP contribution in [0.4, 0.5) is 8.78 Å². The molecular weight excluding hydrogens is 406 g/mol. The van der Waals surface area contributed by atoms with E-state index in [0.717, 1.165) is 38.6 Å². The molecule has 5 rings (SSSR count). The van der Waals surface area contributed by atoms with E-state index in [1.54, 1.807) is 0 Å². The highest BCUT2D eigenvalue weighted by Crippen LogP contribution is 2.49. The van der Waals surface area contributed by atoms with Crippen LogP contribution in [0.1, 0.15) is 78.1 Å². The molecule has 0 aromatic heterocycles. The standard InChI is InChI=1S/C26H42F2N4/c1-26(2,14-29)18-6-3-15(4-7-18)25-24-21-11-16(17-9-19(27)12-20(28)10-17)5-8-22(21)30-13-23(24)31-32-25/h15-25,30-32H,3-13H2,1-2H3. The fraction of sp³-hybridized carbons (Fsp3) is 0.962. The van der Waals surface area contributed by atoms with Crippen LogP contribution in [0.2, 0.25) is 0 Å². The molecule has 0 aromatic rings. The molecular formula is C26H42F2N4. The lowest BCUT2D eigenvalue weighted by molar-refractivity contribution is 0.0218. The molecule has 8 unspecified atom stereocenters. The first-order chi connectivity index (χ1) is 15.4. The highest BCUT2D eigenvalue weighted by molar-refractivity contribution is 5.08. The van der Waals surface area contributed by atoms with E-state index in [4.69, 9.17) is 0 Å². The van der Waals surface area contributed by atoms with Gasteiger partial charge in [0.25, 0.3) is 0 Å². The number of piperidine rings is 1. The summed E-state index contributed by atoms with van der Waals surface area (Å²) in [7, 11) is 0. The number of hydrogen-bond acceptors (Lipinski definition) is 4. The predicted octanol–water partition coefficient (Wildman–Crippen LogP) is 4.67. The summed E-state index contributed by atoms with van der Waals surface area (Å²) >= 11 is 0. The molecule has 0 spiro atoms. The van der Waals surface area contributed by atoms with Crippen LogP contribution in [-0.2, 0) is 0 Å². The lowest BCUT2D eigenvalue weighted by Gasteiger charge is -2.50. The van der Waals surface area contributed by atoms with Crippen LogP contribution in [0.5, 0.6) is 0 Å². The van der Waals surface area contributed by atoms with Gasteiger partial charge in [-0.2, -0.15) is 5.26 Å². The number of nitrogens with zero attached hydrogens (tertiary/aromatic N) is 1. The topological polar surface area (TPSA) is 59.9 Å². The molecule has 2 aliphatic heterocycles. The maximum absolute atomic E-state index is 14.1. The Hall–Kier alpha value is -0.770. The minimum absolute atomic E-state index is 0.114. The minimum Gasteiger partial charge on any atom is -0.312 e. The molecule has 5 aliphatic rings. The molecule has 0 bridgehead atoms. The van der Waals surface area contributed by atoms with Gasteiger partial charge in [-0.3, -0.25) is 10.9 Å². The van der Waals surface area contributed by atoms with Crippen molar-refractivity contribution in [3.8, 4) is 6.07 Å². The summed E-state index contributed by atoms with van der Waals surface area (Å²) in [5, 5.41) is 13.4. The molecule has 3 N–H and O–H groups in total. The molecule has 0 radical (unpaired) electrons. The van der Waals surface area contributed by atoms with Crippen molar-refractivity contribution in [1.29, 1.82) is 5.26 Å². The number of hydrogen-bond donors (Lipinski definition) is 3. The fourth-order valence-corrected chi connectivity index (χ4v) is 8.35. The van der Waals surface area contributed by atoms with Crippen LogP contribution < -0.4 is 16.2 Å². The van der Waals surface area contributed by atoms with Crippen molar-refractivity contribution in [1.82, 2.24) is 16.2 Å². The van der Waals surface area contributed by atoms with Crippen molar-refractivity contribution in [2.45, 2.75) is 109 Å². The quantitative estimate of drug-likeness (QED) is 0.587. The van der Waals surface area contributed by atoms with E-state index >= 15 is 0 Å². The number of alkyl halides is 2. The highest BCUT2D eigenvalue weighted by Gasteiger charge is 2.52. The number of fused-ring (bicyclic) bond motifs is 3. The molecule has 2 saturated heterocycles. The van der Waals surface area contributed by atoms with Gasteiger partial charge in [0.2, 0.25) is 0 Å². The molecule has 8 atom stereocenters. The van der Waals surface area contributed by atoms with Crippen molar-refractivity contribution < 1.29 is 8.78 Å². The molecule has 3 aliphatic carbocycles. The Bertz CT molecular complexity index is 690. The molecule has 32 heavy (non-hydrogen) atoms. The molecule has 3 saturated carbocycles. The maximum atomic E-state index is 14.1. The third-order valence-corrected chi connectivity index (χ3v) is 10.2. The summed E-state index contributed by atoms with van der Waals surface area (Å²) < 4.78 is 28.3. The van der Waals surface area contributed by atoms with Crippen molar-refractivity contribution in [3.63, 3.8) is 0 Å². The third-order valence-electron chi connectivity index (χ3n) is 10.2. The van der Waals surface area contributed by atoms with E-state index in [0.29, 0.717) is 60.6 Å². The third kappa shape index (κ3) is 4.34. The lowest BCUT2D eigenvalue weighted by atomic mass is 9.60. The van der Waals surface area contributed by atoms with Crippen molar-refractivity contribution in [2.24, 2.45) is 40.9 Å². The zero-order valence-corrected chi connectivity index (χ0v) is 19.8. The SMILES string of the molecule is CC(C)(C#N)C1CCC(C2NNC3CNC4CCC(C5CC(F)CC(F)C5)CC4C32)CC1. The largest absolute Gasteiger partial charge is 0.312 e. The first kappa shape index (κ1) is 23.0. The second kappa shape index (κ2) is 9.12. The van der Waals surface area contributed by atoms with Crippen LogP contribution in [0.15, 0.2) is 0 Å². The summed E-state index contributed by atoms with van der Waals surface area (Å²) in [5.41, 5.74) is 7.09. The van der Waals surface area contributed by atoms with Crippen LogP contribution >= 0.6 is 0 Å². The zero-order valence-electron chi connectivity index (χ0n) is 19.8. The monoisotopic (exact) mass is 448 g/mol. The lowest BCUT2D eigenvalue weighted by Crippen LogP contribution is -2.58. The van der Waals surface area contributed by atoms with Crippen molar-refractivity contribution in [3.05, 3.63) is 0 Å². The van der Waals surface area contributed by atoms with E-state index in [1.807, 2.05) is 0 Å². The molecule has 0 amide bonds. The Morgan fingerprint density at radius 3 is 2.16 bits per heavy atom. The number of nitriles is 1. The molecule has 2 heterocycles. The van der Waals surface area contributed by atoms with Crippen molar-refractivity contribution in [2.75, 3.05) is 6.54 Å². The van der Waals surface area contributed by atoms with Gasteiger partial charge in [0, 0.05) is 31.1 Å². The zero-order chi connectivity index (χ0) is 22.5. The summed E-state index contributed by atoms with van der Waals surface area (Å²) in [5.74, 6) is 3.04. The Morgan fingerprint density at radius 1 is 0.781 bits per heavy atom. The first-order valence-electron chi connectivity index (χ1n) is 13.3. The van der Waals surface area contributed by atoms with Gasteiger partial charge in [-0.1, -0.05) is 0 Å². The van der Waals surface area contributed by atoms with E-state index < -0.39 is 12.3 Å². The van der Waals surface area contributed by atoms with Crippen LogP contribution in [-0.4, -0.2) is 37.0 Å². The van der Waals surface area contributed by atoms with Gasteiger partial charge in [-0.05, 0) is 107 Å². The van der Waals surface area contributed by atoms with Gasteiger partial charge < -0.3 is 5.32 Å². The number of rotatable bonds is 3. The average molecular weight is 449 g/mol. The molecule has 4 nitrogen and oxygen atoms in total. The van der Waals surface area contributed by atoms with Crippen LogP contribution in [0.25, 0.3) is 0 Å². The number of halogens is 2. The maximum Gasteiger partial charge on any atom is 0.103 e. The van der Waals surface area contributed by atoms with Gasteiger partial charge in [0.15, 0.2) is 0 Å². The average Bonchev–Trinajstić information content (AvgIpc) is 3.23. The van der Waals surface area contributed by atoms with Gasteiger partial charge in [0.1, 0.15) is 12.3 Å². The second-order valence-corrected chi connectivity index (χ2v) is 12.4. The Kier molecular flexibility index (Phi) is 6.55. The fourth-order valence-electron chi connectivity index (χ4n) is 8.35. The number of hydrazine groups is 1. The normalized spacial score (nSPS) is 49.7. The Balaban J connectivity index is 1.26. The van der Waals surface area contributed by atoms with E-state index in [2.05, 4.69) is 36.1 Å². The Labute approximate surface area is 192 Å². The smallest absolute Gasteiger partial charge is 0.103 e. The molecule has 5 fully saturated rings. The van der Waals surface area contributed by atoms with E-state index in [-0.39, 0.29) is 17.8 Å². The van der Waals surface area contributed by atoms with Gasteiger partial charge in [-0.25, -0.2) is 8.78 Å². The van der Waals surface area contributed by atoms with Crippen LogP contribution in [0.3, 0.4) is 0 Å². The molecule has 6 heteroatoms. The van der Waals surface area contributed by atoms with E-state index in [9.17, 15) is 14.0 Å². The first-order valence-corrected chi connectivity index (χ1v) is 13.3. The molecule has 0 aromatic carbocycles. The second-order valence-electron chi connectivity index (χ2n) is 12.4. The Morgan fingerprint density at radius 2 is 1.47 bits per heavy atom. The summed E-state index contributed by atoms with van der Waals surface area (Å²) in [4.78, 5) is 0. The highest BCUT2D eigenvalue weighted by atomic mass is 19.1.